The molecule has 1 aliphatic rings. The molecule has 1 aliphatic carbocycles. The van der Waals surface area contributed by atoms with Gasteiger partial charge in [0, 0.05) is 0 Å². The highest BCUT2D eigenvalue weighted by molar-refractivity contribution is 5.00. The molecule has 0 spiro atoms. The molecule has 11 heavy (non-hydrogen) atoms. The second-order valence-corrected chi connectivity index (χ2v) is 4.35. The molecule has 0 aromatic carbocycles. The second kappa shape index (κ2) is 3.42. The lowest BCUT2D eigenvalue weighted by Crippen LogP contribution is -2.21. The molecule has 3 atom stereocenters. The first-order chi connectivity index (χ1) is 5.11. The van der Waals surface area contributed by atoms with Gasteiger partial charge in [-0.25, -0.2) is 0 Å². The van der Waals surface area contributed by atoms with E-state index in [0.29, 0.717) is 0 Å². The molecule has 0 heterocycles. The van der Waals surface area contributed by atoms with Crippen molar-refractivity contribution in [2.45, 2.75) is 40.0 Å². The van der Waals surface area contributed by atoms with Crippen molar-refractivity contribution in [2.75, 3.05) is 0 Å². The summed E-state index contributed by atoms with van der Waals surface area (Å²) in [6.07, 6.45) is 4.18. The molecule has 1 fully saturated rings. The average Bonchev–Trinajstić information content (AvgIpc) is 1.85. The molecule has 1 unspecified atom stereocenters. The van der Waals surface area contributed by atoms with Gasteiger partial charge in [0.15, 0.2) is 0 Å². The minimum absolute atomic E-state index is 0.811. The molecule has 0 aromatic heterocycles. The van der Waals surface area contributed by atoms with Crippen LogP contribution in [-0.4, -0.2) is 0 Å². The maximum Gasteiger partial charge on any atom is -0.0183 e. The van der Waals surface area contributed by atoms with E-state index >= 15 is 0 Å². The molecule has 0 amide bonds. The van der Waals surface area contributed by atoms with E-state index < -0.39 is 0 Å². The predicted octanol–water partition coefficient (Wildman–Crippen LogP) is 3.63. The molecule has 0 heteroatoms. The van der Waals surface area contributed by atoms with Crippen LogP contribution in [0.4, 0.5) is 0 Å². The van der Waals surface area contributed by atoms with Crippen LogP contribution >= 0.6 is 0 Å². The standard InChI is InChI=1S/C11H20/c1-8(2)11-6-5-9(3)7-10(11)4/h9-11H,1,5-7H2,2-4H3/t9?,10-,11-/m1/s1. The number of hydrogen-bond acceptors (Lipinski definition) is 0. The van der Waals surface area contributed by atoms with Gasteiger partial charge in [-0.3, -0.25) is 0 Å². The maximum atomic E-state index is 4.05. The van der Waals surface area contributed by atoms with Crippen LogP contribution in [0.25, 0.3) is 0 Å². The Balaban J connectivity index is 2.50. The fourth-order valence-corrected chi connectivity index (χ4v) is 2.40. The Bertz CT molecular complexity index is 146. The lowest BCUT2D eigenvalue weighted by atomic mass is 9.73. The van der Waals surface area contributed by atoms with Crippen LogP contribution in [0.15, 0.2) is 12.2 Å². The Morgan fingerprint density at radius 2 is 1.91 bits per heavy atom. The molecule has 64 valence electrons. The van der Waals surface area contributed by atoms with Gasteiger partial charge in [0.25, 0.3) is 0 Å². The van der Waals surface area contributed by atoms with Crippen molar-refractivity contribution in [1.82, 2.24) is 0 Å². The van der Waals surface area contributed by atoms with Gasteiger partial charge in [0.2, 0.25) is 0 Å². The van der Waals surface area contributed by atoms with Gasteiger partial charge in [0.1, 0.15) is 0 Å². The zero-order chi connectivity index (χ0) is 8.43. The summed E-state index contributed by atoms with van der Waals surface area (Å²) in [4.78, 5) is 0. The van der Waals surface area contributed by atoms with Gasteiger partial charge in [-0.1, -0.05) is 32.4 Å². The second-order valence-electron chi connectivity index (χ2n) is 4.35. The summed E-state index contributed by atoms with van der Waals surface area (Å²) in [5.74, 6) is 2.63. The normalized spacial score (nSPS) is 38.6. The van der Waals surface area contributed by atoms with Crippen molar-refractivity contribution in [3.8, 4) is 0 Å². The Hall–Kier alpha value is -0.260. The van der Waals surface area contributed by atoms with Crippen LogP contribution in [-0.2, 0) is 0 Å². The van der Waals surface area contributed by atoms with E-state index in [-0.39, 0.29) is 0 Å². The van der Waals surface area contributed by atoms with Crippen molar-refractivity contribution >= 4 is 0 Å². The Labute approximate surface area is 70.7 Å². The lowest BCUT2D eigenvalue weighted by Gasteiger charge is -2.32. The van der Waals surface area contributed by atoms with Gasteiger partial charge in [0.05, 0.1) is 0 Å². The van der Waals surface area contributed by atoms with Crippen molar-refractivity contribution in [3.05, 3.63) is 12.2 Å². The first-order valence-corrected chi connectivity index (χ1v) is 4.76. The molecule has 0 radical (unpaired) electrons. The summed E-state index contributed by atoms with van der Waals surface area (Å²) in [6.45, 7) is 11.0. The number of rotatable bonds is 1. The van der Waals surface area contributed by atoms with Crippen molar-refractivity contribution in [2.24, 2.45) is 17.8 Å². The van der Waals surface area contributed by atoms with E-state index in [4.69, 9.17) is 0 Å². The molecule has 0 aromatic rings. The molecule has 1 rings (SSSR count). The zero-order valence-corrected chi connectivity index (χ0v) is 8.06. The van der Waals surface area contributed by atoms with E-state index in [0.717, 1.165) is 17.8 Å². The van der Waals surface area contributed by atoms with Crippen molar-refractivity contribution in [3.63, 3.8) is 0 Å². The smallest absolute Gasteiger partial charge is 0.0183 e. The quantitative estimate of drug-likeness (QED) is 0.503. The third-order valence-electron chi connectivity index (χ3n) is 3.06. The number of hydrogen-bond donors (Lipinski definition) is 0. The van der Waals surface area contributed by atoms with Crippen LogP contribution in [0.2, 0.25) is 0 Å². The summed E-state index contributed by atoms with van der Waals surface area (Å²) < 4.78 is 0. The van der Waals surface area contributed by atoms with Crippen molar-refractivity contribution in [1.29, 1.82) is 0 Å². The highest BCUT2D eigenvalue weighted by atomic mass is 14.3. The fraction of sp³-hybridized carbons (Fsp3) is 0.818. The Morgan fingerprint density at radius 1 is 1.27 bits per heavy atom. The van der Waals surface area contributed by atoms with Crippen LogP contribution < -0.4 is 0 Å². The Kier molecular flexibility index (Phi) is 2.75. The predicted molar refractivity (Wildman–Crippen MR) is 50.5 cm³/mol. The molecule has 0 saturated heterocycles. The van der Waals surface area contributed by atoms with Gasteiger partial charge < -0.3 is 0 Å². The molecule has 0 nitrogen and oxygen atoms in total. The monoisotopic (exact) mass is 152 g/mol. The first kappa shape index (κ1) is 8.83. The van der Waals surface area contributed by atoms with E-state index in [1.54, 1.807) is 0 Å². The van der Waals surface area contributed by atoms with Gasteiger partial charge in [-0.15, -0.1) is 0 Å². The SMILES string of the molecule is C=C(C)[C@H]1CCC(C)C[C@H]1C. The molecular formula is C11H20. The largest absolute Gasteiger partial charge is 0.0999 e. The first-order valence-electron chi connectivity index (χ1n) is 4.76. The molecule has 0 N–H and O–H groups in total. The van der Waals surface area contributed by atoms with Gasteiger partial charge in [-0.2, -0.15) is 0 Å². The molecule has 0 bridgehead atoms. The highest BCUT2D eigenvalue weighted by Gasteiger charge is 2.25. The summed E-state index contributed by atoms with van der Waals surface area (Å²) in [6, 6.07) is 0. The van der Waals surface area contributed by atoms with Gasteiger partial charge >= 0.3 is 0 Å². The zero-order valence-electron chi connectivity index (χ0n) is 8.06. The third kappa shape index (κ3) is 2.08. The highest BCUT2D eigenvalue weighted by Crippen LogP contribution is 2.36. The molecular weight excluding hydrogens is 132 g/mol. The summed E-state index contributed by atoms with van der Waals surface area (Å²) in [5.41, 5.74) is 1.39. The summed E-state index contributed by atoms with van der Waals surface area (Å²) in [7, 11) is 0. The fourth-order valence-electron chi connectivity index (χ4n) is 2.40. The van der Waals surface area contributed by atoms with E-state index in [1.165, 1.54) is 24.8 Å². The van der Waals surface area contributed by atoms with E-state index in [9.17, 15) is 0 Å². The lowest BCUT2D eigenvalue weighted by molar-refractivity contribution is 0.233. The Morgan fingerprint density at radius 3 is 2.36 bits per heavy atom. The minimum Gasteiger partial charge on any atom is -0.0999 e. The van der Waals surface area contributed by atoms with Crippen LogP contribution in [0.1, 0.15) is 40.0 Å². The average molecular weight is 152 g/mol. The topological polar surface area (TPSA) is 0 Å². The van der Waals surface area contributed by atoms with Gasteiger partial charge in [-0.05, 0) is 37.5 Å². The van der Waals surface area contributed by atoms with Crippen LogP contribution in [0.5, 0.6) is 0 Å². The molecule has 1 saturated carbocycles. The number of allylic oxidation sites excluding steroid dienone is 1. The third-order valence-corrected chi connectivity index (χ3v) is 3.06. The molecule has 0 aliphatic heterocycles. The van der Waals surface area contributed by atoms with Crippen LogP contribution in [0, 0.1) is 17.8 Å². The summed E-state index contributed by atoms with van der Waals surface area (Å²) in [5, 5.41) is 0. The summed E-state index contributed by atoms with van der Waals surface area (Å²) >= 11 is 0. The maximum absolute atomic E-state index is 4.05. The van der Waals surface area contributed by atoms with Crippen molar-refractivity contribution < 1.29 is 0 Å². The van der Waals surface area contributed by atoms with E-state index in [1.807, 2.05) is 0 Å². The minimum atomic E-state index is 0.811. The van der Waals surface area contributed by atoms with E-state index in [2.05, 4.69) is 27.4 Å². The van der Waals surface area contributed by atoms with Crippen LogP contribution in [0.3, 0.4) is 0 Å².